The van der Waals surface area contributed by atoms with E-state index in [0.29, 0.717) is 6.42 Å². The van der Waals surface area contributed by atoms with E-state index in [1.54, 1.807) is 0 Å². The van der Waals surface area contributed by atoms with Gasteiger partial charge >= 0.3 is 0 Å². The Hall–Kier alpha value is -0.840. The first-order valence-corrected chi connectivity index (χ1v) is 8.03. The topological polar surface area (TPSA) is 29.5 Å². The molecule has 2 atom stereocenters. The van der Waals surface area contributed by atoms with Crippen LogP contribution in [-0.4, -0.2) is 5.11 Å². The minimum Gasteiger partial charge on any atom is -0.485 e. The van der Waals surface area contributed by atoms with Crippen molar-refractivity contribution in [2.45, 2.75) is 25.6 Å². The highest BCUT2D eigenvalue weighted by Gasteiger charge is 2.28. The van der Waals surface area contributed by atoms with Crippen LogP contribution in [0.25, 0.3) is 0 Å². The lowest BCUT2D eigenvalue weighted by Gasteiger charge is -2.30. The van der Waals surface area contributed by atoms with E-state index >= 15 is 0 Å². The molecular weight excluding hydrogens is 384 g/mol. The Morgan fingerprint density at radius 2 is 1.95 bits per heavy atom. The van der Waals surface area contributed by atoms with Crippen LogP contribution in [0.4, 0.5) is 0 Å². The highest BCUT2D eigenvalue weighted by molar-refractivity contribution is 9.10. The molecular formula is C16H14Br2O2. The summed E-state index contributed by atoms with van der Waals surface area (Å²) < 4.78 is 8.10. The number of hydrogen-bond acceptors (Lipinski definition) is 2. The third-order valence-electron chi connectivity index (χ3n) is 3.59. The van der Waals surface area contributed by atoms with Crippen LogP contribution >= 0.6 is 31.9 Å². The van der Waals surface area contributed by atoms with Gasteiger partial charge in [0.25, 0.3) is 0 Å². The number of rotatable bonds is 1. The quantitative estimate of drug-likeness (QED) is 0.727. The van der Waals surface area contributed by atoms with Gasteiger partial charge in [0.05, 0.1) is 6.10 Å². The average molecular weight is 398 g/mol. The summed E-state index contributed by atoms with van der Waals surface area (Å²) in [5.41, 5.74) is 3.12. The standard InChI is InChI=1S/C16H14Br2O2/c1-9-6-10(2-5-13(9)18)15-8-14(19)12-4-3-11(17)7-16(12)20-15/h2-7,14-15,19H,8H2,1H3/t14-,15?/m0/s1. The van der Waals surface area contributed by atoms with Crippen molar-refractivity contribution < 1.29 is 9.84 Å². The van der Waals surface area contributed by atoms with Gasteiger partial charge in [-0.2, -0.15) is 0 Å². The molecule has 4 heteroatoms. The molecule has 1 aliphatic heterocycles. The Balaban J connectivity index is 1.96. The van der Waals surface area contributed by atoms with Crippen LogP contribution in [-0.2, 0) is 0 Å². The van der Waals surface area contributed by atoms with Gasteiger partial charge in [0.1, 0.15) is 11.9 Å². The molecule has 0 aromatic heterocycles. The Morgan fingerprint density at radius 3 is 2.70 bits per heavy atom. The summed E-state index contributed by atoms with van der Waals surface area (Å²) in [4.78, 5) is 0. The number of hydrogen-bond donors (Lipinski definition) is 1. The molecule has 0 amide bonds. The Labute approximate surface area is 135 Å². The monoisotopic (exact) mass is 396 g/mol. The van der Waals surface area contributed by atoms with E-state index < -0.39 is 6.10 Å². The van der Waals surface area contributed by atoms with Gasteiger partial charge in [0.15, 0.2) is 0 Å². The van der Waals surface area contributed by atoms with Gasteiger partial charge in [-0.1, -0.05) is 50.1 Å². The van der Waals surface area contributed by atoms with Crippen LogP contribution in [0.3, 0.4) is 0 Å². The van der Waals surface area contributed by atoms with Crippen LogP contribution in [0.15, 0.2) is 45.3 Å². The molecule has 1 N–H and O–H groups in total. The maximum Gasteiger partial charge on any atom is 0.127 e. The van der Waals surface area contributed by atoms with Gasteiger partial charge in [0, 0.05) is 20.9 Å². The first-order chi connectivity index (χ1) is 9.54. The van der Waals surface area contributed by atoms with E-state index in [4.69, 9.17) is 4.74 Å². The smallest absolute Gasteiger partial charge is 0.127 e. The molecule has 2 aromatic rings. The predicted octanol–water partition coefficient (Wildman–Crippen LogP) is 5.08. The van der Waals surface area contributed by atoms with Crippen LogP contribution in [0.2, 0.25) is 0 Å². The van der Waals surface area contributed by atoms with Gasteiger partial charge < -0.3 is 9.84 Å². The van der Waals surface area contributed by atoms with Gasteiger partial charge in [-0.05, 0) is 36.2 Å². The first-order valence-electron chi connectivity index (χ1n) is 6.45. The fourth-order valence-electron chi connectivity index (χ4n) is 2.49. The summed E-state index contributed by atoms with van der Waals surface area (Å²) in [5.74, 6) is 0.753. The molecule has 20 heavy (non-hydrogen) atoms. The predicted molar refractivity (Wildman–Crippen MR) is 86.0 cm³/mol. The number of ether oxygens (including phenoxy) is 1. The minimum absolute atomic E-state index is 0.112. The average Bonchev–Trinajstić information content (AvgIpc) is 2.41. The van der Waals surface area contributed by atoms with E-state index in [1.165, 1.54) is 5.56 Å². The summed E-state index contributed by atoms with van der Waals surface area (Å²) in [6.07, 6.45) is -0.0187. The second kappa shape index (κ2) is 5.51. The fourth-order valence-corrected chi connectivity index (χ4v) is 3.08. The SMILES string of the molecule is Cc1cc(C2C[C@H](O)c3ccc(Br)cc3O2)ccc1Br. The molecule has 1 unspecified atom stereocenters. The first kappa shape index (κ1) is 14.1. The number of benzene rings is 2. The largest absolute Gasteiger partial charge is 0.485 e. The van der Waals surface area contributed by atoms with Gasteiger partial charge in [-0.15, -0.1) is 0 Å². The van der Waals surface area contributed by atoms with E-state index in [9.17, 15) is 5.11 Å². The van der Waals surface area contributed by atoms with Crippen molar-refractivity contribution in [2.75, 3.05) is 0 Å². The van der Waals surface area contributed by atoms with Gasteiger partial charge in [-0.25, -0.2) is 0 Å². The lowest BCUT2D eigenvalue weighted by atomic mass is 9.94. The molecule has 3 rings (SSSR count). The summed E-state index contributed by atoms with van der Waals surface area (Å²) in [6, 6.07) is 11.9. The van der Waals surface area contributed by atoms with E-state index in [0.717, 1.165) is 25.8 Å². The summed E-state index contributed by atoms with van der Waals surface area (Å²) in [6.45, 7) is 2.05. The number of fused-ring (bicyclic) bond motifs is 1. The zero-order valence-corrected chi connectivity index (χ0v) is 14.1. The minimum atomic E-state index is -0.485. The van der Waals surface area contributed by atoms with Crippen molar-refractivity contribution in [3.8, 4) is 5.75 Å². The number of halogens is 2. The van der Waals surface area contributed by atoms with E-state index in [-0.39, 0.29) is 6.10 Å². The van der Waals surface area contributed by atoms with Crippen molar-refractivity contribution >= 4 is 31.9 Å². The summed E-state index contributed by atoms with van der Waals surface area (Å²) in [7, 11) is 0. The van der Waals surface area contributed by atoms with E-state index in [1.807, 2.05) is 30.3 Å². The lowest BCUT2D eigenvalue weighted by Crippen LogP contribution is -2.19. The molecule has 0 saturated carbocycles. The zero-order valence-electron chi connectivity index (χ0n) is 10.9. The molecule has 1 aliphatic rings. The summed E-state index contributed by atoms with van der Waals surface area (Å²) >= 11 is 6.94. The van der Waals surface area contributed by atoms with Crippen LogP contribution in [0.1, 0.15) is 35.3 Å². The second-order valence-electron chi connectivity index (χ2n) is 5.05. The van der Waals surface area contributed by atoms with Crippen molar-refractivity contribution in [1.82, 2.24) is 0 Å². The number of aryl methyl sites for hydroxylation is 1. The van der Waals surface area contributed by atoms with Crippen molar-refractivity contribution in [3.63, 3.8) is 0 Å². The molecule has 0 spiro atoms. The van der Waals surface area contributed by atoms with Crippen LogP contribution < -0.4 is 4.74 Å². The van der Waals surface area contributed by atoms with Crippen molar-refractivity contribution in [3.05, 3.63) is 62.0 Å². The molecule has 0 fully saturated rings. The molecule has 1 heterocycles. The zero-order chi connectivity index (χ0) is 14.3. The highest BCUT2D eigenvalue weighted by atomic mass is 79.9. The number of aliphatic hydroxyl groups is 1. The molecule has 0 radical (unpaired) electrons. The van der Waals surface area contributed by atoms with Gasteiger partial charge in [0.2, 0.25) is 0 Å². The Kier molecular flexibility index (Phi) is 3.89. The molecule has 2 nitrogen and oxygen atoms in total. The third-order valence-corrected chi connectivity index (χ3v) is 4.98. The molecule has 104 valence electrons. The summed E-state index contributed by atoms with van der Waals surface area (Å²) in [5, 5.41) is 10.3. The lowest BCUT2D eigenvalue weighted by molar-refractivity contribution is 0.0656. The fraction of sp³-hybridized carbons (Fsp3) is 0.250. The van der Waals surface area contributed by atoms with Crippen LogP contribution in [0.5, 0.6) is 5.75 Å². The number of aliphatic hydroxyl groups excluding tert-OH is 1. The molecule has 0 bridgehead atoms. The van der Waals surface area contributed by atoms with Gasteiger partial charge in [-0.3, -0.25) is 0 Å². The highest BCUT2D eigenvalue weighted by Crippen LogP contribution is 2.42. The molecule has 0 aliphatic carbocycles. The normalized spacial score (nSPS) is 21.2. The maximum absolute atomic E-state index is 10.3. The third kappa shape index (κ3) is 2.65. The Morgan fingerprint density at radius 1 is 1.15 bits per heavy atom. The maximum atomic E-state index is 10.3. The second-order valence-corrected chi connectivity index (χ2v) is 6.82. The molecule has 0 saturated heterocycles. The van der Waals surface area contributed by atoms with Crippen molar-refractivity contribution in [1.29, 1.82) is 0 Å². The van der Waals surface area contributed by atoms with E-state index in [2.05, 4.69) is 44.8 Å². The van der Waals surface area contributed by atoms with Crippen LogP contribution in [0, 0.1) is 6.92 Å². The van der Waals surface area contributed by atoms with Crippen molar-refractivity contribution in [2.24, 2.45) is 0 Å². The molecule has 2 aromatic carbocycles. The Bertz CT molecular complexity index is 655.